The maximum absolute atomic E-state index is 5.85. The number of hydrogen-bond acceptors (Lipinski definition) is 3. The molecule has 32 heavy (non-hydrogen) atoms. The minimum atomic E-state index is -0.0869. The van der Waals surface area contributed by atoms with Crippen molar-refractivity contribution >= 4 is 23.0 Å². The van der Waals surface area contributed by atoms with E-state index in [2.05, 4.69) is 81.4 Å². The van der Waals surface area contributed by atoms with Gasteiger partial charge in [-0.1, -0.05) is 18.2 Å². The van der Waals surface area contributed by atoms with Crippen LogP contribution in [0.1, 0.15) is 29.0 Å². The van der Waals surface area contributed by atoms with Crippen molar-refractivity contribution in [3.8, 4) is 11.4 Å². The van der Waals surface area contributed by atoms with Crippen LogP contribution in [0, 0.1) is 6.92 Å². The topological polar surface area (TPSA) is 42.3 Å². The molecule has 2 atom stereocenters. The standard InChI is InChI=1S/C26H24N4OS/c1-18-7-5-8-20(17-18)30-25(24(28-26(30)32)22-9-3-4-15-27-22)23-10-6-16-29(23)19-11-13-21(31-2)14-12-19/h3-17,24-25H,1-2H3,(H,28,32)/t24-,25+/m0/s1. The summed E-state index contributed by atoms with van der Waals surface area (Å²) in [4.78, 5) is 6.86. The molecule has 6 heteroatoms. The molecule has 5 rings (SSSR count). The zero-order valence-corrected chi connectivity index (χ0v) is 18.8. The van der Waals surface area contributed by atoms with Gasteiger partial charge < -0.3 is 19.5 Å². The molecule has 0 aliphatic carbocycles. The summed E-state index contributed by atoms with van der Waals surface area (Å²) in [7, 11) is 1.68. The fourth-order valence-corrected chi connectivity index (χ4v) is 4.67. The fourth-order valence-electron chi connectivity index (χ4n) is 4.32. The molecule has 3 heterocycles. The Hall–Kier alpha value is -3.64. The molecule has 0 saturated carbocycles. The summed E-state index contributed by atoms with van der Waals surface area (Å²) >= 11 is 5.85. The van der Waals surface area contributed by atoms with E-state index in [0.717, 1.165) is 28.5 Å². The van der Waals surface area contributed by atoms with Crippen LogP contribution < -0.4 is 15.0 Å². The summed E-state index contributed by atoms with van der Waals surface area (Å²) in [5.74, 6) is 0.832. The molecule has 0 radical (unpaired) electrons. The van der Waals surface area contributed by atoms with Crippen LogP contribution >= 0.6 is 12.2 Å². The lowest BCUT2D eigenvalue weighted by molar-refractivity contribution is 0.414. The minimum absolute atomic E-state index is 0.0729. The van der Waals surface area contributed by atoms with Crippen LogP contribution in [0.4, 0.5) is 5.69 Å². The Morgan fingerprint density at radius 3 is 2.50 bits per heavy atom. The molecule has 2 aromatic carbocycles. The normalized spacial score (nSPS) is 17.9. The number of hydrogen-bond donors (Lipinski definition) is 1. The number of aryl methyl sites for hydroxylation is 1. The van der Waals surface area contributed by atoms with Gasteiger partial charge in [-0.3, -0.25) is 4.98 Å². The zero-order valence-electron chi connectivity index (χ0n) is 18.0. The highest BCUT2D eigenvalue weighted by Gasteiger charge is 2.42. The Balaban J connectivity index is 1.65. The van der Waals surface area contributed by atoms with Gasteiger partial charge in [0.05, 0.1) is 18.8 Å². The van der Waals surface area contributed by atoms with E-state index in [0.29, 0.717) is 5.11 Å². The third-order valence-corrected chi connectivity index (χ3v) is 6.13. The summed E-state index contributed by atoms with van der Waals surface area (Å²) < 4.78 is 7.55. The second kappa shape index (κ2) is 8.48. The van der Waals surface area contributed by atoms with Gasteiger partial charge in [0.2, 0.25) is 0 Å². The van der Waals surface area contributed by atoms with Gasteiger partial charge in [-0.05, 0) is 85.4 Å². The predicted molar refractivity (Wildman–Crippen MR) is 131 cm³/mol. The molecule has 1 aliphatic rings. The number of benzene rings is 2. The first kappa shape index (κ1) is 20.3. The number of ether oxygens (including phenoxy) is 1. The number of rotatable bonds is 5. The van der Waals surface area contributed by atoms with E-state index < -0.39 is 0 Å². The number of methoxy groups -OCH3 is 1. The number of anilines is 1. The maximum atomic E-state index is 5.85. The van der Waals surface area contributed by atoms with E-state index >= 15 is 0 Å². The second-order valence-electron chi connectivity index (χ2n) is 7.84. The average molecular weight is 441 g/mol. The molecule has 0 unspecified atom stereocenters. The van der Waals surface area contributed by atoms with Crippen molar-refractivity contribution in [1.82, 2.24) is 14.9 Å². The zero-order chi connectivity index (χ0) is 22.1. The van der Waals surface area contributed by atoms with Crippen LogP contribution in [0.25, 0.3) is 5.69 Å². The average Bonchev–Trinajstić information content (AvgIpc) is 3.44. The van der Waals surface area contributed by atoms with E-state index in [1.165, 1.54) is 5.56 Å². The Kier molecular flexibility index (Phi) is 5.37. The van der Waals surface area contributed by atoms with E-state index in [9.17, 15) is 0 Å². The molecular weight excluding hydrogens is 416 g/mol. The van der Waals surface area contributed by atoms with Crippen LogP contribution in [0.15, 0.2) is 91.3 Å². The van der Waals surface area contributed by atoms with Crippen molar-refractivity contribution in [2.24, 2.45) is 0 Å². The van der Waals surface area contributed by atoms with E-state index in [1.807, 2.05) is 36.5 Å². The molecule has 1 N–H and O–H groups in total. The second-order valence-corrected chi connectivity index (χ2v) is 8.22. The Labute approximate surface area is 193 Å². The predicted octanol–water partition coefficient (Wildman–Crippen LogP) is 5.37. The highest BCUT2D eigenvalue weighted by Crippen LogP contribution is 2.42. The Morgan fingerprint density at radius 1 is 0.938 bits per heavy atom. The van der Waals surface area contributed by atoms with Gasteiger partial charge in [0.1, 0.15) is 11.8 Å². The Morgan fingerprint density at radius 2 is 1.78 bits per heavy atom. The van der Waals surface area contributed by atoms with Crippen molar-refractivity contribution in [3.63, 3.8) is 0 Å². The summed E-state index contributed by atoms with van der Waals surface area (Å²) in [5.41, 5.74) is 5.40. The first-order valence-electron chi connectivity index (χ1n) is 10.5. The monoisotopic (exact) mass is 440 g/mol. The van der Waals surface area contributed by atoms with E-state index in [1.54, 1.807) is 7.11 Å². The lowest BCUT2D eigenvalue weighted by Crippen LogP contribution is -2.30. The van der Waals surface area contributed by atoms with Gasteiger partial charge in [-0.2, -0.15) is 0 Å². The van der Waals surface area contributed by atoms with E-state index in [-0.39, 0.29) is 12.1 Å². The van der Waals surface area contributed by atoms with Crippen LogP contribution in [-0.4, -0.2) is 21.8 Å². The summed E-state index contributed by atoms with van der Waals surface area (Å²) in [6.07, 6.45) is 3.91. The van der Waals surface area contributed by atoms with E-state index in [4.69, 9.17) is 17.0 Å². The number of pyridine rings is 1. The molecule has 1 fully saturated rings. The van der Waals surface area contributed by atoms with Crippen LogP contribution in [0.3, 0.4) is 0 Å². The molecule has 1 aliphatic heterocycles. The highest BCUT2D eigenvalue weighted by atomic mass is 32.1. The number of thiocarbonyl (C=S) groups is 1. The van der Waals surface area contributed by atoms with Gasteiger partial charge in [-0.25, -0.2) is 0 Å². The summed E-state index contributed by atoms with van der Waals surface area (Å²) in [6.45, 7) is 2.10. The first-order chi connectivity index (χ1) is 15.7. The van der Waals surface area contributed by atoms with Crippen molar-refractivity contribution in [1.29, 1.82) is 0 Å². The number of nitrogens with zero attached hydrogens (tertiary/aromatic N) is 3. The fraction of sp³-hybridized carbons (Fsp3) is 0.154. The molecule has 1 saturated heterocycles. The molecular formula is C26H24N4OS. The molecule has 2 aromatic heterocycles. The molecule has 4 aromatic rings. The third kappa shape index (κ3) is 3.63. The quantitative estimate of drug-likeness (QED) is 0.423. The number of nitrogens with one attached hydrogen (secondary N) is 1. The molecule has 160 valence electrons. The van der Waals surface area contributed by atoms with Gasteiger partial charge in [-0.15, -0.1) is 0 Å². The van der Waals surface area contributed by atoms with Crippen molar-refractivity contribution in [2.45, 2.75) is 19.0 Å². The summed E-state index contributed by atoms with van der Waals surface area (Å²) in [6, 6.07) is 26.6. The summed E-state index contributed by atoms with van der Waals surface area (Å²) in [5, 5.41) is 4.23. The SMILES string of the molecule is COc1ccc(-n2cccc2[C@@H]2[C@H](c3ccccn3)NC(=S)N2c2cccc(C)c2)cc1. The highest BCUT2D eigenvalue weighted by molar-refractivity contribution is 7.80. The molecule has 0 spiro atoms. The largest absolute Gasteiger partial charge is 0.497 e. The third-order valence-electron chi connectivity index (χ3n) is 5.81. The molecule has 5 nitrogen and oxygen atoms in total. The lowest BCUT2D eigenvalue weighted by Gasteiger charge is -2.29. The maximum Gasteiger partial charge on any atom is 0.174 e. The van der Waals surface area contributed by atoms with Gasteiger partial charge >= 0.3 is 0 Å². The van der Waals surface area contributed by atoms with Crippen LogP contribution in [0.5, 0.6) is 5.75 Å². The van der Waals surface area contributed by atoms with Crippen LogP contribution in [-0.2, 0) is 0 Å². The van der Waals surface area contributed by atoms with Gasteiger partial charge in [0.25, 0.3) is 0 Å². The minimum Gasteiger partial charge on any atom is -0.497 e. The van der Waals surface area contributed by atoms with Crippen molar-refractivity contribution < 1.29 is 4.74 Å². The number of aromatic nitrogens is 2. The molecule has 0 bridgehead atoms. The van der Waals surface area contributed by atoms with Gasteiger partial charge in [0, 0.05) is 29.5 Å². The van der Waals surface area contributed by atoms with Gasteiger partial charge in [0.15, 0.2) is 5.11 Å². The van der Waals surface area contributed by atoms with Crippen molar-refractivity contribution in [2.75, 3.05) is 12.0 Å². The smallest absolute Gasteiger partial charge is 0.174 e. The van der Waals surface area contributed by atoms with Crippen molar-refractivity contribution in [3.05, 3.63) is 108 Å². The lowest BCUT2D eigenvalue weighted by atomic mass is 10.0. The Bertz CT molecular complexity index is 1240. The van der Waals surface area contributed by atoms with Crippen LogP contribution in [0.2, 0.25) is 0 Å². The first-order valence-corrected chi connectivity index (χ1v) is 11.0. The molecule has 0 amide bonds.